The Morgan fingerprint density at radius 1 is 1.28 bits per heavy atom. The van der Waals surface area contributed by atoms with Crippen molar-refractivity contribution in [1.29, 1.82) is 0 Å². The van der Waals surface area contributed by atoms with E-state index < -0.39 is 0 Å². The summed E-state index contributed by atoms with van der Waals surface area (Å²) in [7, 11) is 0. The lowest BCUT2D eigenvalue weighted by molar-refractivity contribution is -0.118. The first-order chi connectivity index (χ1) is 8.66. The van der Waals surface area contributed by atoms with Crippen LogP contribution in [0.15, 0.2) is 24.3 Å². The van der Waals surface area contributed by atoms with Crippen LogP contribution in [0, 0.1) is 0 Å². The maximum absolute atomic E-state index is 12.0. The van der Waals surface area contributed by atoms with Crippen LogP contribution < -0.4 is 10.6 Å². The molecule has 0 bridgehead atoms. The number of piperidine rings is 1. The summed E-state index contributed by atoms with van der Waals surface area (Å²) in [4.78, 5) is 12.0. The molecule has 1 heterocycles. The molecule has 3 nitrogen and oxygen atoms in total. The van der Waals surface area contributed by atoms with Crippen LogP contribution in [0.4, 0.5) is 5.69 Å². The second-order valence-corrected chi connectivity index (χ2v) is 5.27. The Hall–Kier alpha value is -1.35. The smallest absolute Gasteiger partial charge is 0.241 e. The molecule has 1 saturated heterocycles. The zero-order valence-electron chi connectivity index (χ0n) is 11.2. The van der Waals surface area contributed by atoms with Crippen LogP contribution in [0.3, 0.4) is 0 Å². The molecule has 1 unspecified atom stereocenters. The largest absolute Gasteiger partial charge is 0.325 e. The number of anilines is 1. The zero-order chi connectivity index (χ0) is 13.0. The second-order valence-electron chi connectivity index (χ2n) is 5.27. The molecule has 1 aromatic carbocycles. The Morgan fingerprint density at radius 3 is 2.56 bits per heavy atom. The Labute approximate surface area is 109 Å². The monoisotopic (exact) mass is 246 g/mol. The quantitative estimate of drug-likeness (QED) is 0.861. The van der Waals surface area contributed by atoms with Gasteiger partial charge in [-0.1, -0.05) is 32.4 Å². The fraction of sp³-hybridized carbons (Fsp3) is 0.533. The van der Waals surface area contributed by atoms with E-state index >= 15 is 0 Å². The van der Waals surface area contributed by atoms with Crippen LogP contribution in [-0.2, 0) is 4.79 Å². The molecule has 98 valence electrons. The summed E-state index contributed by atoms with van der Waals surface area (Å²) < 4.78 is 0. The van der Waals surface area contributed by atoms with E-state index in [1.54, 1.807) is 0 Å². The summed E-state index contributed by atoms with van der Waals surface area (Å²) >= 11 is 0. The van der Waals surface area contributed by atoms with Crippen LogP contribution >= 0.6 is 0 Å². The van der Waals surface area contributed by atoms with Gasteiger partial charge in [0.15, 0.2) is 0 Å². The van der Waals surface area contributed by atoms with E-state index in [1.807, 2.05) is 12.1 Å². The minimum atomic E-state index is -0.0245. The van der Waals surface area contributed by atoms with Gasteiger partial charge in [0.25, 0.3) is 0 Å². The van der Waals surface area contributed by atoms with E-state index in [4.69, 9.17) is 0 Å². The third kappa shape index (κ3) is 3.33. The molecule has 1 aliphatic rings. The van der Waals surface area contributed by atoms with Gasteiger partial charge in [-0.05, 0) is 43.0 Å². The molecule has 1 amide bonds. The first-order valence-corrected chi connectivity index (χ1v) is 6.81. The minimum Gasteiger partial charge on any atom is -0.325 e. The average molecular weight is 246 g/mol. The molecule has 1 fully saturated rings. The van der Waals surface area contributed by atoms with Crippen LogP contribution in [0.1, 0.15) is 44.6 Å². The number of nitrogens with one attached hydrogen (secondary N) is 2. The number of carbonyl (C=O) groups is 1. The summed E-state index contributed by atoms with van der Waals surface area (Å²) in [5.74, 6) is 0.613. The van der Waals surface area contributed by atoms with E-state index in [-0.39, 0.29) is 11.9 Å². The van der Waals surface area contributed by atoms with Crippen molar-refractivity contribution in [3.8, 4) is 0 Å². The molecule has 0 aliphatic carbocycles. The third-order valence-electron chi connectivity index (χ3n) is 3.47. The normalized spacial score (nSPS) is 19.8. The highest BCUT2D eigenvalue weighted by Gasteiger charge is 2.20. The standard InChI is InChI=1S/C15H22N2O/c1-11(2)12-6-8-13(9-7-12)17-15(18)14-5-3-4-10-16-14/h6-9,11,14,16H,3-5,10H2,1-2H3,(H,17,18). The molecule has 2 rings (SSSR count). The lowest BCUT2D eigenvalue weighted by atomic mass is 10.0. The molecular weight excluding hydrogens is 224 g/mol. The van der Waals surface area contributed by atoms with Crippen molar-refractivity contribution in [2.24, 2.45) is 0 Å². The van der Waals surface area contributed by atoms with Gasteiger partial charge >= 0.3 is 0 Å². The van der Waals surface area contributed by atoms with Gasteiger partial charge in [-0.3, -0.25) is 4.79 Å². The van der Waals surface area contributed by atoms with Crippen LogP contribution in [0.5, 0.6) is 0 Å². The highest BCUT2D eigenvalue weighted by molar-refractivity contribution is 5.94. The molecular formula is C15H22N2O. The van der Waals surface area contributed by atoms with Gasteiger partial charge in [-0.25, -0.2) is 0 Å². The SMILES string of the molecule is CC(C)c1ccc(NC(=O)C2CCCCN2)cc1. The second kappa shape index (κ2) is 6.01. The van der Waals surface area contributed by atoms with E-state index in [9.17, 15) is 4.79 Å². The van der Waals surface area contributed by atoms with Gasteiger partial charge in [-0.15, -0.1) is 0 Å². The van der Waals surface area contributed by atoms with E-state index in [1.165, 1.54) is 12.0 Å². The fourth-order valence-corrected chi connectivity index (χ4v) is 2.26. The van der Waals surface area contributed by atoms with Gasteiger partial charge < -0.3 is 10.6 Å². The Morgan fingerprint density at radius 2 is 2.00 bits per heavy atom. The highest BCUT2D eigenvalue weighted by Crippen LogP contribution is 2.17. The van der Waals surface area contributed by atoms with Crippen molar-refractivity contribution in [3.05, 3.63) is 29.8 Å². The Balaban J connectivity index is 1.94. The van der Waals surface area contributed by atoms with Crippen molar-refractivity contribution in [3.63, 3.8) is 0 Å². The van der Waals surface area contributed by atoms with E-state index in [0.29, 0.717) is 5.92 Å². The molecule has 1 atom stereocenters. The fourth-order valence-electron chi connectivity index (χ4n) is 2.26. The molecule has 0 aromatic heterocycles. The summed E-state index contributed by atoms with van der Waals surface area (Å²) in [6.07, 6.45) is 3.25. The van der Waals surface area contributed by atoms with Gasteiger partial charge in [0, 0.05) is 5.69 Å². The summed E-state index contributed by atoms with van der Waals surface area (Å²) in [5.41, 5.74) is 2.18. The van der Waals surface area contributed by atoms with E-state index in [0.717, 1.165) is 25.1 Å². The maximum Gasteiger partial charge on any atom is 0.241 e. The molecule has 1 aromatic rings. The molecule has 3 heteroatoms. The molecule has 0 spiro atoms. The zero-order valence-corrected chi connectivity index (χ0v) is 11.2. The molecule has 1 aliphatic heterocycles. The van der Waals surface area contributed by atoms with Gasteiger partial charge in [0.2, 0.25) is 5.91 Å². The summed E-state index contributed by atoms with van der Waals surface area (Å²) in [6.45, 7) is 5.28. The van der Waals surface area contributed by atoms with Crippen LogP contribution in [-0.4, -0.2) is 18.5 Å². The van der Waals surface area contributed by atoms with Gasteiger partial charge in [-0.2, -0.15) is 0 Å². The summed E-state index contributed by atoms with van der Waals surface area (Å²) in [5, 5.41) is 6.23. The average Bonchev–Trinajstić information content (AvgIpc) is 2.40. The number of amides is 1. The molecule has 18 heavy (non-hydrogen) atoms. The predicted molar refractivity (Wildman–Crippen MR) is 74.8 cm³/mol. The van der Waals surface area contributed by atoms with Crippen molar-refractivity contribution >= 4 is 11.6 Å². The highest BCUT2D eigenvalue weighted by atomic mass is 16.2. The number of hydrogen-bond acceptors (Lipinski definition) is 2. The number of hydrogen-bond donors (Lipinski definition) is 2. The number of benzene rings is 1. The van der Waals surface area contributed by atoms with Crippen molar-refractivity contribution in [2.45, 2.75) is 45.1 Å². The first-order valence-electron chi connectivity index (χ1n) is 6.81. The van der Waals surface area contributed by atoms with Crippen molar-refractivity contribution in [2.75, 3.05) is 11.9 Å². The minimum absolute atomic E-state index is 0.0245. The lowest BCUT2D eigenvalue weighted by Crippen LogP contribution is -2.43. The van der Waals surface area contributed by atoms with Gasteiger partial charge in [0.05, 0.1) is 6.04 Å². The Bertz CT molecular complexity index is 391. The van der Waals surface area contributed by atoms with Crippen LogP contribution in [0.25, 0.3) is 0 Å². The first kappa shape index (κ1) is 13.1. The Kier molecular flexibility index (Phi) is 4.37. The number of carbonyl (C=O) groups excluding carboxylic acids is 1. The lowest BCUT2D eigenvalue weighted by Gasteiger charge is -2.22. The predicted octanol–water partition coefficient (Wildman–Crippen LogP) is 2.89. The molecule has 0 radical (unpaired) electrons. The molecule has 2 N–H and O–H groups in total. The third-order valence-corrected chi connectivity index (χ3v) is 3.47. The van der Waals surface area contributed by atoms with Crippen molar-refractivity contribution in [1.82, 2.24) is 5.32 Å². The van der Waals surface area contributed by atoms with Crippen LogP contribution in [0.2, 0.25) is 0 Å². The van der Waals surface area contributed by atoms with Gasteiger partial charge in [0.1, 0.15) is 0 Å². The van der Waals surface area contributed by atoms with Crippen molar-refractivity contribution < 1.29 is 4.79 Å². The topological polar surface area (TPSA) is 41.1 Å². The molecule has 0 saturated carbocycles. The summed E-state index contributed by atoms with van der Waals surface area (Å²) in [6, 6.07) is 8.10. The van der Waals surface area contributed by atoms with E-state index in [2.05, 4.69) is 36.6 Å². The maximum atomic E-state index is 12.0. The number of rotatable bonds is 3.